The second-order valence-corrected chi connectivity index (χ2v) is 8.02. The van der Waals surface area contributed by atoms with Crippen LogP contribution in [0.25, 0.3) is 11.0 Å². The van der Waals surface area contributed by atoms with Crippen LogP contribution in [-0.4, -0.2) is 28.7 Å². The highest BCUT2D eigenvalue weighted by atomic mass is 16.5. The number of H-pyrrole nitrogens is 1. The van der Waals surface area contributed by atoms with Crippen molar-refractivity contribution in [2.75, 3.05) is 6.61 Å². The van der Waals surface area contributed by atoms with Crippen LogP contribution in [0.1, 0.15) is 41.2 Å². The Balaban J connectivity index is 1.43. The van der Waals surface area contributed by atoms with Gasteiger partial charge in [-0.2, -0.15) is 5.10 Å². The predicted octanol–water partition coefficient (Wildman–Crippen LogP) is 4.95. The van der Waals surface area contributed by atoms with Crippen LogP contribution in [0.2, 0.25) is 0 Å². The lowest BCUT2D eigenvalue weighted by Gasteiger charge is -2.10. The highest BCUT2D eigenvalue weighted by molar-refractivity contribution is 5.98. The number of hydrogen-bond donors (Lipinski definition) is 2. The van der Waals surface area contributed by atoms with E-state index in [0.717, 1.165) is 28.2 Å². The summed E-state index contributed by atoms with van der Waals surface area (Å²) in [6.45, 7) is 4.81. The maximum absolute atomic E-state index is 12.6. The van der Waals surface area contributed by atoms with Crippen molar-refractivity contribution in [3.05, 3.63) is 95.3 Å². The van der Waals surface area contributed by atoms with E-state index in [4.69, 9.17) is 4.74 Å². The van der Waals surface area contributed by atoms with Crippen LogP contribution in [0.4, 0.5) is 0 Å². The summed E-state index contributed by atoms with van der Waals surface area (Å²) in [4.78, 5) is 20.5. The molecule has 1 amide bonds. The molecule has 0 aliphatic rings. The first-order valence-corrected chi connectivity index (χ1v) is 10.7. The number of hydrazone groups is 1. The molecule has 3 aromatic carbocycles. The van der Waals surface area contributed by atoms with E-state index in [0.29, 0.717) is 24.5 Å². The summed E-state index contributed by atoms with van der Waals surface area (Å²) < 4.78 is 5.82. The number of amides is 1. The highest BCUT2D eigenvalue weighted by Gasteiger charge is 2.09. The largest absolute Gasteiger partial charge is 0.493 e. The monoisotopic (exact) mass is 426 g/mol. The number of imidazole rings is 1. The number of nitrogens with one attached hydrogen (secondary N) is 2. The minimum absolute atomic E-state index is 0.289. The summed E-state index contributed by atoms with van der Waals surface area (Å²) in [6.07, 6.45) is 2.31. The Hall–Kier alpha value is -3.93. The molecular weight excluding hydrogens is 400 g/mol. The fraction of sp³-hybridized carbons (Fsp3) is 0.192. The summed E-state index contributed by atoms with van der Waals surface area (Å²) in [5, 5.41) is 4.12. The first kappa shape index (κ1) is 21.3. The van der Waals surface area contributed by atoms with Gasteiger partial charge in [0.05, 0.1) is 23.9 Å². The van der Waals surface area contributed by atoms with Gasteiger partial charge in [-0.25, -0.2) is 10.4 Å². The summed E-state index contributed by atoms with van der Waals surface area (Å²) in [5.74, 6) is 1.73. The van der Waals surface area contributed by atoms with Crippen LogP contribution in [-0.2, 0) is 6.42 Å². The van der Waals surface area contributed by atoms with Crippen molar-refractivity contribution in [1.82, 2.24) is 15.4 Å². The van der Waals surface area contributed by atoms with Crippen molar-refractivity contribution in [3.63, 3.8) is 0 Å². The molecule has 0 aliphatic heterocycles. The fourth-order valence-corrected chi connectivity index (χ4v) is 3.28. The van der Waals surface area contributed by atoms with Gasteiger partial charge in [0.1, 0.15) is 11.6 Å². The summed E-state index contributed by atoms with van der Waals surface area (Å²) in [7, 11) is 0. The van der Waals surface area contributed by atoms with Gasteiger partial charge in [-0.15, -0.1) is 0 Å². The van der Waals surface area contributed by atoms with E-state index in [9.17, 15) is 4.79 Å². The zero-order valence-electron chi connectivity index (χ0n) is 18.2. The number of carbonyl (C=O) groups excluding carboxylic acids is 1. The van der Waals surface area contributed by atoms with Gasteiger partial charge in [-0.05, 0) is 41.8 Å². The molecule has 6 heteroatoms. The summed E-state index contributed by atoms with van der Waals surface area (Å²) in [6, 6.07) is 23.1. The maximum Gasteiger partial charge on any atom is 0.271 e. The Morgan fingerprint density at radius 2 is 1.88 bits per heavy atom. The highest BCUT2D eigenvalue weighted by Crippen LogP contribution is 2.18. The van der Waals surface area contributed by atoms with E-state index >= 15 is 0 Å². The molecule has 0 fully saturated rings. The first-order valence-electron chi connectivity index (χ1n) is 10.7. The van der Waals surface area contributed by atoms with E-state index in [1.807, 2.05) is 48.5 Å². The summed E-state index contributed by atoms with van der Waals surface area (Å²) in [5.41, 5.74) is 6.73. The third kappa shape index (κ3) is 5.40. The number of hydrogen-bond acceptors (Lipinski definition) is 4. The maximum atomic E-state index is 12.6. The van der Waals surface area contributed by atoms with Crippen LogP contribution in [0.15, 0.2) is 77.9 Å². The molecule has 0 atom stereocenters. The number of ether oxygens (including phenoxy) is 1. The molecule has 4 aromatic rings. The second-order valence-electron chi connectivity index (χ2n) is 8.02. The molecule has 0 radical (unpaired) electrons. The molecule has 0 aliphatic carbocycles. The minimum atomic E-state index is -0.289. The van der Waals surface area contributed by atoms with Gasteiger partial charge in [-0.1, -0.05) is 56.3 Å². The third-order valence-electron chi connectivity index (χ3n) is 4.87. The van der Waals surface area contributed by atoms with Gasteiger partial charge in [0.2, 0.25) is 0 Å². The average Bonchev–Trinajstić information content (AvgIpc) is 3.20. The van der Waals surface area contributed by atoms with Gasteiger partial charge < -0.3 is 9.72 Å². The number of para-hydroxylation sites is 1. The molecule has 0 bridgehead atoms. The number of fused-ring (bicyclic) bond motifs is 1. The van der Waals surface area contributed by atoms with Gasteiger partial charge in [0.15, 0.2) is 0 Å². The van der Waals surface area contributed by atoms with Crippen LogP contribution in [0, 0.1) is 5.92 Å². The summed E-state index contributed by atoms with van der Waals surface area (Å²) >= 11 is 0. The Bertz CT molecular complexity index is 1230. The lowest BCUT2D eigenvalue weighted by molar-refractivity contribution is 0.0955. The Morgan fingerprint density at radius 1 is 1.09 bits per heavy atom. The van der Waals surface area contributed by atoms with Crippen molar-refractivity contribution in [1.29, 1.82) is 0 Å². The first-order chi connectivity index (χ1) is 15.6. The van der Waals surface area contributed by atoms with Gasteiger partial charge >= 0.3 is 0 Å². The van der Waals surface area contributed by atoms with E-state index in [1.54, 1.807) is 18.3 Å². The van der Waals surface area contributed by atoms with Gasteiger partial charge in [-0.3, -0.25) is 4.79 Å². The number of benzene rings is 3. The Kier molecular flexibility index (Phi) is 6.60. The molecule has 32 heavy (non-hydrogen) atoms. The lowest BCUT2D eigenvalue weighted by atomic mass is 10.1. The molecule has 0 saturated heterocycles. The molecule has 6 nitrogen and oxygen atoms in total. The topological polar surface area (TPSA) is 79.4 Å². The molecule has 4 rings (SSSR count). The van der Waals surface area contributed by atoms with E-state index in [2.05, 4.69) is 46.5 Å². The normalized spacial score (nSPS) is 11.3. The van der Waals surface area contributed by atoms with Crippen LogP contribution in [0.3, 0.4) is 0 Å². The molecule has 0 spiro atoms. The number of carbonyl (C=O) groups is 1. The van der Waals surface area contributed by atoms with Gasteiger partial charge in [0.25, 0.3) is 5.91 Å². The molecule has 0 saturated carbocycles. The average molecular weight is 427 g/mol. The molecule has 1 heterocycles. The molecule has 162 valence electrons. The molecule has 2 N–H and O–H groups in total. The van der Waals surface area contributed by atoms with Crippen molar-refractivity contribution in [2.45, 2.75) is 20.3 Å². The van der Waals surface area contributed by atoms with Crippen LogP contribution >= 0.6 is 0 Å². The SMILES string of the molecule is CC(C)COc1ccccc1/C=N\NC(=O)c1ccc2nc(Cc3ccccc3)[nH]c2c1. The van der Waals surface area contributed by atoms with Gasteiger partial charge in [0, 0.05) is 17.5 Å². The zero-order chi connectivity index (χ0) is 22.3. The minimum Gasteiger partial charge on any atom is -0.493 e. The van der Waals surface area contributed by atoms with Crippen molar-refractivity contribution >= 4 is 23.2 Å². The third-order valence-corrected chi connectivity index (χ3v) is 4.87. The lowest BCUT2D eigenvalue weighted by Crippen LogP contribution is -2.17. The van der Waals surface area contributed by atoms with Crippen molar-refractivity contribution in [3.8, 4) is 5.75 Å². The van der Waals surface area contributed by atoms with E-state index in [1.165, 1.54) is 5.56 Å². The second kappa shape index (κ2) is 9.92. The zero-order valence-corrected chi connectivity index (χ0v) is 18.2. The molecule has 0 unspecified atom stereocenters. The van der Waals surface area contributed by atoms with E-state index in [-0.39, 0.29) is 5.91 Å². The number of nitrogens with zero attached hydrogens (tertiary/aromatic N) is 2. The van der Waals surface area contributed by atoms with Crippen LogP contribution in [0.5, 0.6) is 5.75 Å². The van der Waals surface area contributed by atoms with E-state index < -0.39 is 0 Å². The quantitative estimate of drug-likeness (QED) is 0.309. The van der Waals surface area contributed by atoms with Crippen LogP contribution < -0.4 is 10.2 Å². The Morgan fingerprint density at radius 3 is 2.69 bits per heavy atom. The molecular formula is C26H26N4O2. The Labute approximate surface area is 187 Å². The smallest absolute Gasteiger partial charge is 0.271 e. The predicted molar refractivity (Wildman–Crippen MR) is 127 cm³/mol. The number of aromatic amines is 1. The fourth-order valence-electron chi connectivity index (χ4n) is 3.28. The molecule has 1 aromatic heterocycles. The standard InChI is InChI=1S/C26H26N4O2/c1-18(2)17-32-24-11-7-6-10-21(24)16-27-30-26(31)20-12-13-22-23(15-20)29-25(28-22)14-19-8-4-3-5-9-19/h3-13,15-16,18H,14,17H2,1-2H3,(H,28,29)(H,30,31)/b27-16-. The van der Waals surface area contributed by atoms with Crippen molar-refractivity contribution in [2.24, 2.45) is 11.0 Å². The van der Waals surface area contributed by atoms with Crippen molar-refractivity contribution < 1.29 is 9.53 Å². The number of rotatable bonds is 8. The number of aromatic nitrogens is 2.